The molecular formula is C18H16N2O4. The van der Waals surface area contributed by atoms with Gasteiger partial charge < -0.3 is 14.5 Å². The molecule has 24 heavy (non-hydrogen) atoms. The van der Waals surface area contributed by atoms with E-state index in [9.17, 15) is 9.59 Å². The van der Waals surface area contributed by atoms with Gasteiger partial charge in [0.25, 0.3) is 5.56 Å². The molecule has 3 aromatic rings. The van der Waals surface area contributed by atoms with Crippen molar-refractivity contribution in [2.45, 2.75) is 6.42 Å². The van der Waals surface area contributed by atoms with Gasteiger partial charge in [-0.3, -0.25) is 9.59 Å². The highest BCUT2D eigenvalue weighted by molar-refractivity contribution is 6.00. The quantitative estimate of drug-likeness (QED) is 0.729. The van der Waals surface area contributed by atoms with Crippen molar-refractivity contribution in [3.05, 3.63) is 64.1 Å². The number of ketones is 1. The zero-order chi connectivity index (χ0) is 17.1. The Morgan fingerprint density at radius 1 is 1.12 bits per heavy atom. The molecule has 6 heteroatoms. The Bertz CT molecular complexity index is 963. The Balaban J connectivity index is 1.98. The highest BCUT2D eigenvalue weighted by atomic mass is 16.5. The van der Waals surface area contributed by atoms with Gasteiger partial charge >= 0.3 is 0 Å². The SMILES string of the molecule is COc1ccc(OC)c(C(=O)Cc2nc3ccccc3[nH]c2=O)c1. The van der Waals surface area contributed by atoms with E-state index in [1.54, 1.807) is 30.3 Å². The first-order valence-electron chi connectivity index (χ1n) is 7.35. The average Bonchev–Trinajstić information content (AvgIpc) is 2.61. The van der Waals surface area contributed by atoms with Crippen LogP contribution >= 0.6 is 0 Å². The zero-order valence-electron chi connectivity index (χ0n) is 13.3. The lowest BCUT2D eigenvalue weighted by atomic mass is 10.0. The van der Waals surface area contributed by atoms with Gasteiger partial charge in [0.1, 0.15) is 17.2 Å². The molecule has 1 heterocycles. The third-order valence-corrected chi connectivity index (χ3v) is 3.70. The van der Waals surface area contributed by atoms with Crippen LogP contribution in [0.3, 0.4) is 0 Å². The molecule has 0 saturated heterocycles. The standard InChI is InChI=1S/C18H16N2O4/c1-23-11-7-8-17(24-2)12(9-11)16(21)10-15-18(22)20-14-6-4-3-5-13(14)19-15/h3-9H,10H2,1-2H3,(H,20,22). The van der Waals surface area contributed by atoms with Crippen molar-refractivity contribution in [2.24, 2.45) is 0 Å². The normalized spacial score (nSPS) is 10.6. The molecule has 2 aromatic carbocycles. The predicted molar refractivity (Wildman–Crippen MR) is 89.9 cm³/mol. The summed E-state index contributed by atoms with van der Waals surface area (Å²) in [7, 11) is 3.01. The molecule has 0 unspecified atom stereocenters. The molecule has 1 aromatic heterocycles. The Kier molecular flexibility index (Phi) is 4.29. The molecule has 0 radical (unpaired) electrons. The van der Waals surface area contributed by atoms with Crippen molar-refractivity contribution < 1.29 is 14.3 Å². The Morgan fingerprint density at radius 3 is 2.67 bits per heavy atom. The maximum atomic E-state index is 12.6. The number of nitrogens with one attached hydrogen (secondary N) is 1. The molecule has 6 nitrogen and oxygen atoms in total. The van der Waals surface area contributed by atoms with Crippen LogP contribution in [0.2, 0.25) is 0 Å². The van der Waals surface area contributed by atoms with Crippen molar-refractivity contribution in [3.8, 4) is 11.5 Å². The van der Waals surface area contributed by atoms with E-state index in [4.69, 9.17) is 9.47 Å². The number of carbonyl (C=O) groups is 1. The van der Waals surface area contributed by atoms with Gasteiger partial charge in [0.15, 0.2) is 5.78 Å². The zero-order valence-corrected chi connectivity index (χ0v) is 13.3. The van der Waals surface area contributed by atoms with Crippen LogP contribution in [0.25, 0.3) is 11.0 Å². The molecular weight excluding hydrogens is 308 g/mol. The number of rotatable bonds is 5. The summed E-state index contributed by atoms with van der Waals surface area (Å²) in [4.78, 5) is 31.8. The minimum Gasteiger partial charge on any atom is -0.497 e. The highest BCUT2D eigenvalue weighted by Gasteiger charge is 2.17. The van der Waals surface area contributed by atoms with E-state index in [-0.39, 0.29) is 23.5 Å². The summed E-state index contributed by atoms with van der Waals surface area (Å²) in [5, 5.41) is 0. The van der Waals surface area contributed by atoms with E-state index < -0.39 is 0 Å². The average molecular weight is 324 g/mol. The van der Waals surface area contributed by atoms with Crippen LogP contribution < -0.4 is 15.0 Å². The Labute approximate surface area is 138 Å². The fourth-order valence-corrected chi connectivity index (χ4v) is 2.47. The number of fused-ring (bicyclic) bond motifs is 1. The van der Waals surface area contributed by atoms with E-state index in [0.29, 0.717) is 28.1 Å². The van der Waals surface area contributed by atoms with Crippen molar-refractivity contribution in [1.29, 1.82) is 0 Å². The molecule has 0 fully saturated rings. The number of H-pyrrole nitrogens is 1. The van der Waals surface area contributed by atoms with E-state index in [2.05, 4.69) is 9.97 Å². The lowest BCUT2D eigenvalue weighted by molar-refractivity contribution is 0.0988. The van der Waals surface area contributed by atoms with E-state index >= 15 is 0 Å². The van der Waals surface area contributed by atoms with Crippen molar-refractivity contribution >= 4 is 16.8 Å². The van der Waals surface area contributed by atoms with Crippen LogP contribution in [0.4, 0.5) is 0 Å². The van der Waals surface area contributed by atoms with Crippen LogP contribution in [0.1, 0.15) is 16.1 Å². The summed E-state index contributed by atoms with van der Waals surface area (Å²) >= 11 is 0. The number of ether oxygens (including phenoxy) is 2. The van der Waals surface area contributed by atoms with Crippen molar-refractivity contribution in [2.75, 3.05) is 14.2 Å². The van der Waals surface area contributed by atoms with Gasteiger partial charge in [0, 0.05) is 0 Å². The van der Waals surface area contributed by atoms with Crippen LogP contribution in [0, 0.1) is 0 Å². The minimum absolute atomic E-state index is 0.121. The summed E-state index contributed by atoms with van der Waals surface area (Å²) in [6, 6.07) is 12.1. The third-order valence-electron chi connectivity index (χ3n) is 3.70. The molecule has 3 rings (SSSR count). The Hall–Kier alpha value is -3.15. The molecule has 0 saturated carbocycles. The summed E-state index contributed by atoms with van der Waals surface area (Å²) in [6.07, 6.45) is -0.121. The van der Waals surface area contributed by atoms with Crippen LogP contribution in [-0.4, -0.2) is 30.0 Å². The van der Waals surface area contributed by atoms with Crippen molar-refractivity contribution in [1.82, 2.24) is 9.97 Å². The van der Waals surface area contributed by atoms with E-state index in [1.807, 2.05) is 12.1 Å². The second-order valence-electron chi connectivity index (χ2n) is 5.20. The number of benzene rings is 2. The second kappa shape index (κ2) is 6.54. The molecule has 0 atom stereocenters. The number of methoxy groups -OCH3 is 2. The Morgan fingerprint density at radius 2 is 1.92 bits per heavy atom. The number of aromatic nitrogens is 2. The maximum absolute atomic E-state index is 12.6. The number of nitrogens with zero attached hydrogens (tertiary/aromatic N) is 1. The molecule has 0 amide bonds. The smallest absolute Gasteiger partial charge is 0.270 e. The van der Waals surface area contributed by atoms with Gasteiger partial charge in [-0.05, 0) is 30.3 Å². The first-order valence-corrected chi connectivity index (χ1v) is 7.35. The topological polar surface area (TPSA) is 81.3 Å². The van der Waals surface area contributed by atoms with Gasteiger partial charge in [-0.2, -0.15) is 0 Å². The first kappa shape index (κ1) is 15.7. The molecule has 0 aliphatic rings. The van der Waals surface area contributed by atoms with Crippen LogP contribution in [0.5, 0.6) is 11.5 Å². The van der Waals surface area contributed by atoms with Gasteiger partial charge in [-0.25, -0.2) is 4.98 Å². The highest BCUT2D eigenvalue weighted by Crippen LogP contribution is 2.25. The number of carbonyl (C=O) groups excluding carboxylic acids is 1. The van der Waals surface area contributed by atoms with Gasteiger partial charge in [0.05, 0.1) is 37.2 Å². The molecule has 122 valence electrons. The minimum atomic E-state index is -0.371. The lowest BCUT2D eigenvalue weighted by Gasteiger charge is -2.09. The lowest BCUT2D eigenvalue weighted by Crippen LogP contribution is -2.19. The summed E-state index contributed by atoms with van der Waals surface area (Å²) in [5.41, 5.74) is 1.42. The summed E-state index contributed by atoms with van der Waals surface area (Å²) in [5.74, 6) is 0.705. The summed E-state index contributed by atoms with van der Waals surface area (Å²) < 4.78 is 10.4. The van der Waals surface area contributed by atoms with E-state index in [1.165, 1.54) is 14.2 Å². The summed E-state index contributed by atoms with van der Waals surface area (Å²) in [6.45, 7) is 0. The number of Topliss-reactive ketones (excluding diaryl/α,β-unsaturated/α-hetero) is 1. The number of hydrogen-bond donors (Lipinski definition) is 1. The first-order chi connectivity index (χ1) is 11.6. The van der Waals surface area contributed by atoms with E-state index in [0.717, 1.165) is 0 Å². The molecule has 0 bridgehead atoms. The number of hydrogen-bond acceptors (Lipinski definition) is 5. The molecule has 1 N–H and O–H groups in total. The van der Waals surface area contributed by atoms with Gasteiger partial charge in [0.2, 0.25) is 0 Å². The number of para-hydroxylation sites is 2. The van der Waals surface area contributed by atoms with Gasteiger partial charge in [-0.1, -0.05) is 12.1 Å². The third kappa shape index (κ3) is 2.99. The fourth-order valence-electron chi connectivity index (χ4n) is 2.47. The number of aromatic amines is 1. The fraction of sp³-hybridized carbons (Fsp3) is 0.167. The van der Waals surface area contributed by atoms with Gasteiger partial charge in [-0.15, -0.1) is 0 Å². The molecule has 0 aliphatic carbocycles. The van der Waals surface area contributed by atoms with Crippen LogP contribution in [0.15, 0.2) is 47.3 Å². The predicted octanol–water partition coefficient (Wildman–Crippen LogP) is 2.37. The molecule has 0 spiro atoms. The van der Waals surface area contributed by atoms with Crippen molar-refractivity contribution in [3.63, 3.8) is 0 Å². The second-order valence-corrected chi connectivity index (χ2v) is 5.20. The molecule has 0 aliphatic heterocycles. The monoisotopic (exact) mass is 324 g/mol. The largest absolute Gasteiger partial charge is 0.497 e. The maximum Gasteiger partial charge on any atom is 0.270 e. The van der Waals surface area contributed by atoms with Crippen LogP contribution in [-0.2, 0) is 6.42 Å².